The van der Waals surface area contributed by atoms with Crippen molar-refractivity contribution in [1.29, 1.82) is 0 Å². The highest BCUT2D eigenvalue weighted by molar-refractivity contribution is 6.52. The van der Waals surface area contributed by atoms with Gasteiger partial charge >= 0.3 is 0 Å². The fourth-order valence-corrected chi connectivity index (χ4v) is 11.9. The van der Waals surface area contributed by atoms with Crippen LogP contribution in [0.1, 0.15) is 5.56 Å². The van der Waals surface area contributed by atoms with Gasteiger partial charge in [-0.1, -0.05) is 146 Å². The predicted octanol–water partition coefficient (Wildman–Crippen LogP) is 16.3. The Morgan fingerprint density at radius 2 is 0.649 bits per heavy atom. The molecule has 14 aromatic rings. The van der Waals surface area contributed by atoms with Crippen LogP contribution in [-0.4, -0.2) is 0 Å². The summed E-state index contributed by atoms with van der Waals surface area (Å²) in [6, 6.07) is 62.8. The van der Waals surface area contributed by atoms with Crippen molar-refractivity contribution < 1.29 is 0 Å². The molecule has 0 saturated carbocycles. The molecule has 0 radical (unpaired) electrons. The second kappa shape index (κ2) is 9.74. The van der Waals surface area contributed by atoms with Crippen molar-refractivity contribution >= 4 is 118 Å². The number of hydrogen-bond donors (Lipinski definition) is 0. The summed E-state index contributed by atoms with van der Waals surface area (Å²) in [6.07, 6.45) is 0. The molecule has 14 aromatic carbocycles. The second-order valence-corrected chi connectivity index (χ2v) is 16.6. The maximum absolute atomic E-state index is 2.49. The van der Waals surface area contributed by atoms with Gasteiger partial charge in [0.2, 0.25) is 0 Å². The van der Waals surface area contributed by atoms with Crippen LogP contribution in [0.2, 0.25) is 0 Å². The topological polar surface area (TPSA) is 0 Å². The second-order valence-electron chi connectivity index (χ2n) is 16.6. The predicted molar refractivity (Wildman–Crippen MR) is 247 cm³/mol. The average molecular weight is 715 g/mol. The molecule has 0 atom stereocenters. The van der Waals surface area contributed by atoms with Crippen LogP contribution in [0, 0.1) is 6.92 Å². The zero-order valence-corrected chi connectivity index (χ0v) is 31.1. The van der Waals surface area contributed by atoms with E-state index in [9.17, 15) is 0 Å². The minimum Gasteiger partial charge on any atom is -0.0620 e. The Morgan fingerprint density at radius 1 is 0.228 bits per heavy atom. The van der Waals surface area contributed by atoms with E-state index in [-0.39, 0.29) is 0 Å². The van der Waals surface area contributed by atoms with E-state index in [0.717, 1.165) is 0 Å². The van der Waals surface area contributed by atoms with Gasteiger partial charge < -0.3 is 0 Å². The Hall–Kier alpha value is -7.28. The van der Waals surface area contributed by atoms with Crippen molar-refractivity contribution in [1.82, 2.24) is 0 Å². The highest BCUT2D eigenvalue weighted by Gasteiger charge is 2.29. The lowest BCUT2D eigenvalue weighted by Crippen LogP contribution is -1.89. The zero-order chi connectivity index (χ0) is 36.8. The van der Waals surface area contributed by atoms with Gasteiger partial charge in [-0.25, -0.2) is 0 Å². The van der Waals surface area contributed by atoms with Gasteiger partial charge in [0.25, 0.3) is 0 Å². The molecule has 0 heterocycles. The summed E-state index contributed by atoms with van der Waals surface area (Å²) in [4.78, 5) is 0. The van der Waals surface area contributed by atoms with Gasteiger partial charge in [-0.15, -0.1) is 0 Å². The van der Waals surface area contributed by atoms with E-state index in [1.807, 2.05) is 0 Å². The van der Waals surface area contributed by atoms with Crippen LogP contribution in [0.3, 0.4) is 0 Å². The molecule has 0 spiro atoms. The monoisotopic (exact) mass is 714 g/mol. The number of rotatable bonds is 1. The molecule has 0 aliphatic heterocycles. The van der Waals surface area contributed by atoms with E-state index in [1.54, 1.807) is 0 Å². The van der Waals surface area contributed by atoms with Gasteiger partial charge in [-0.05, 0) is 183 Å². The molecule has 15 rings (SSSR count). The summed E-state index contributed by atoms with van der Waals surface area (Å²) in [7, 11) is 0. The third-order valence-corrected chi connectivity index (χ3v) is 14.1. The van der Waals surface area contributed by atoms with E-state index in [2.05, 4.69) is 171 Å². The van der Waals surface area contributed by atoms with E-state index < -0.39 is 0 Å². The van der Waals surface area contributed by atoms with E-state index in [0.29, 0.717) is 0 Å². The Morgan fingerprint density at radius 3 is 1.32 bits per heavy atom. The number of hydrogen-bond acceptors (Lipinski definition) is 0. The molecule has 0 aromatic heterocycles. The van der Waals surface area contributed by atoms with Crippen molar-refractivity contribution in [3.63, 3.8) is 0 Å². The highest BCUT2D eigenvalue weighted by atomic mass is 14.3. The quantitative estimate of drug-likeness (QED) is 0.117. The molecule has 0 N–H and O–H groups in total. The average Bonchev–Trinajstić information content (AvgIpc) is 3.89. The number of aryl methyl sites for hydroxylation is 1. The third kappa shape index (κ3) is 3.26. The van der Waals surface area contributed by atoms with E-state index in [1.165, 1.54) is 157 Å². The first-order chi connectivity index (χ1) is 28.2. The summed E-state index contributed by atoms with van der Waals surface area (Å²) >= 11 is 0. The van der Waals surface area contributed by atoms with Crippen molar-refractivity contribution in [3.8, 4) is 33.4 Å². The maximum atomic E-state index is 2.49. The fraction of sp³-hybridized carbons (Fsp3) is 0.0175. The summed E-state index contributed by atoms with van der Waals surface area (Å²) in [5.74, 6) is 0. The molecule has 0 saturated heterocycles. The van der Waals surface area contributed by atoms with E-state index in [4.69, 9.17) is 0 Å². The van der Waals surface area contributed by atoms with Gasteiger partial charge in [0.05, 0.1) is 0 Å². The van der Waals surface area contributed by atoms with Crippen molar-refractivity contribution in [2.45, 2.75) is 6.92 Å². The van der Waals surface area contributed by atoms with Crippen LogP contribution in [0.25, 0.3) is 152 Å². The molecule has 0 unspecified atom stereocenters. The SMILES string of the molecule is Cc1ccccc1-c1c2cc3ccccc3c3c4ccccc4c(c4c5ccc6c7ccc8c9c(ccc(c%10ccc(c14)c5c%106)c97)-c1cc4ccccc4cc1-8)c23. The van der Waals surface area contributed by atoms with Crippen LogP contribution in [0.4, 0.5) is 0 Å². The third-order valence-electron chi connectivity index (χ3n) is 14.1. The van der Waals surface area contributed by atoms with Gasteiger partial charge in [0.15, 0.2) is 0 Å². The minimum absolute atomic E-state index is 1.29. The molecule has 258 valence electrons. The molecular weight excluding hydrogens is 685 g/mol. The molecule has 1 aliphatic rings. The van der Waals surface area contributed by atoms with Crippen molar-refractivity contribution in [2.75, 3.05) is 0 Å². The molecule has 0 nitrogen and oxygen atoms in total. The first-order valence-corrected chi connectivity index (χ1v) is 20.2. The maximum Gasteiger partial charge on any atom is -0.000695 e. The molecule has 0 heteroatoms. The standard InChI is InChI=1S/C57H30/c1-29-10-2-6-14-33(29)48-47-28-32-13-5-7-15-34(32)49-35-16-8-9-17-36(35)54(57(47)49)56-44-25-23-40-38-19-21-42-46-27-31-12-4-3-11-30(31)26-45(46)41-20-18-37(50(38)52(41)42)39-22-24-43(55(48)56)53(44)51(39)40/h2-28H,1H3. The Labute approximate surface area is 326 Å². The van der Waals surface area contributed by atoms with Crippen LogP contribution >= 0.6 is 0 Å². The van der Waals surface area contributed by atoms with Crippen LogP contribution in [-0.2, 0) is 0 Å². The summed E-state index contributed by atoms with van der Waals surface area (Å²) in [5, 5.41) is 29.9. The Balaban J connectivity index is 1.18. The van der Waals surface area contributed by atoms with Gasteiger partial charge in [0.1, 0.15) is 0 Å². The molecular formula is C57H30. The van der Waals surface area contributed by atoms with Crippen molar-refractivity contribution in [3.05, 3.63) is 169 Å². The number of benzene rings is 12. The lowest BCUT2D eigenvalue weighted by Gasteiger charge is -2.16. The lowest BCUT2D eigenvalue weighted by atomic mass is 9.86. The van der Waals surface area contributed by atoms with Crippen LogP contribution in [0.5, 0.6) is 0 Å². The van der Waals surface area contributed by atoms with Crippen molar-refractivity contribution in [2.24, 2.45) is 0 Å². The number of fused-ring (bicyclic) bond motifs is 15. The first-order valence-electron chi connectivity index (χ1n) is 20.2. The minimum atomic E-state index is 1.29. The molecule has 0 bridgehead atoms. The highest BCUT2D eigenvalue weighted by Crippen LogP contribution is 2.58. The molecule has 1 aliphatic carbocycles. The first kappa shape index (κ1) is 29.1. The Bertz CT molecular complexity index is 4050. The van der Waals surface area contributed by atoms with Gasteiger partial charge in [-0.2, -0.15) is 0 Å². The van der Waals surface area contributed by atoms with Crippen LogP contribution in [0.15, 0.2) is 164 Å². The Kier molecular flexibility index (Phi) is 4.97. The van der Waals surface area contributed by atoms with Gasteiger partial charge in [-0.3, -0.25) is 0 Å². The summed E-state index contributed by atoms with van der Waals surface area (Å²) < 4.78 is 0. The zero-order valence-electron chi connectivity index (χ0n) is 31.1. The smallest absolute Gasteiger partial charge is 0.000695 e. The lowest BCUT2D eigenvalue weighted by molar-refractivity contribution is 1.48. The van der Waals surface area contributed by atoms with Gasteiger partial charge in [0, 0.05) is 0 Å². The molecule has 0 fully saturated rings. The van der Waals surface area contributed by atoms with E-state index >= 15 is 0 Å². The normalized spacial score (nSPS) is 13.0. The fourth-order valence-electron chi connectivity index (χ4n) is 11.9. The molecule has 57 heavy (non-hydrogen) atoms. The molecule has 0 amide bonds. The summed E-state index contributed by atoms with van der Waals surface area (Å²) in [5.41, 5.74) is 9.39. The van der Waals surface area contributed by atoms with Crippen LogP contribution < -0.4 is 0 Å². The largest absolute Gasteiger partial charge is 0.0620 e. The summed E-state index contributed by atoms with van der Waals surface area (Å²) in [6.45, 7) is 2.28.